The van der Waals surface area contributed by atoms with Crippen LogP contribution in [0.4, 0.5) is 0 Å². The molecule has 0 amide bonds. The van der Waals surface area contributed by atoms with Crippen LogP contribution < -0.4 is 5.32 Å². The number of rotatable bonds is 5. The molecule has 57 heavy (non-hydrogen) atoms. The van der Waals surface area contributed by atoms with Crippen molar-refractivity contribution in [3.63, 3.8) is 0 Å². The van der Waals surface area contributed by atoms with Crippen LogP contribution in [0.5, 0.6) is 0 Å². The fraction of sp³-hybridized carbons (Fsp3) is 0.0196. The lowest BCUT2D eigenvalue weighted by Crippen LogP contribution is -2.33. The highest BCUT2D eigenvalue weighted by Gasteiger charge is 2.22. The van der Waals surface area contributed by atoms with Gasteiger partial charge in [-0.2, -0.15) is 0 Å². The van der Waals surface area contributed by atoms with Gasteiger partial charge in [-0.15, -0.1) is 22.7 Å². The zero-order valence-corrected chi connectivity index (χ0v) is 32.2. The monoisotopic (exact) mass is 764 g/mol. The normalized spacial score (nSPS) is 14.5. The summed E-state index contributed by atoms with van der Waals surface area (Å²) < 4.78 is 7.52. The molecule has 6 heteroatoms. The number of aromatic nitrogens is 1. The number of hydrogen-bond donors (Lipinski definition) is 1. The highest BCUT2D eigenvalue weighted by molar-refractivity contribution is 7.26. The molecule has 268 valence electrons. The minimum Gasteiger partial charge on any atom is -0.344 e. The molecule has 4 heterocycles. The van der Waals surface area contributed by atoms with E-state index < -0.39 is 0 Å². The predicted octanol–water partition coefficient (Wildman–Crippen LogP) is 13.7. The third-order valence-electron chi connectivity index (χ3n) is 11.3. The van der Waals surface area contributed by atoms with Gasteiger partial charge in [0, 0.05) is 67.9 Å². The SMILES string of the molecule is c1ccc(C2=NC(c3ccc4c(c3)sc3c(-c5ccc6c(c5)sc5cc(-n7c8ccccc8c8ccccc87)ccc56)cccc34)=NC(c3ccccc3)N2)cc1. The maximum absolute atomic E-state index is 5.14. The quantitative estimate of drug-likeness (QED) is 0.186. The largest absolute Gasteiger partial charge is 0.344 e. The third kappa shape index (κ3) is 5.26. The van der Waals surface area contributed by atoms with Crippen molar-refractivity contribution in [2.75, 3.05) is 0 Å². The first-order valence-electron chi connectivity index (χ1n) is 19.2. The van der Waals surface area contributed by atoms with Crippen LogP contribution in [0, 0.1) is 0 Å². The fourth-order valence-corrected chi connectivity index (χ4v) is 11.0. The summed E-state index contributed by atoms with van der Waals surface area (Å²) in [6.07, 6.45) is -0.234. The molecule has 1 unspecified atom stereocenters. The van der Waals surface area contributed by atoms with Gasteiger partial charge in [-0.3, -0.25) is 0 Å². The zero-order valence-electron chi connectivity index (χ0n) is 30.6. The van der Waals surface area contributed by atoms with Crippen LogP contribution in [-0.2, 0) is 0 Å². The van der Waals surface area contributed by atoms with Crippen molar-refractivity contribution in [1.82, 2.24) is 9.88 Å². The Morgan fingerprint density at radius 2 is 1.05 bits per heavy atom. The summed E-state index contributed by atoms with van der Waals surface area (Å²) >= 11 is 3.73. The van der Waals surface area contributed by atoms with Crippen molar-refractivity contribution in [2.24, 2.45) is 9.98 Å². The molecule has 1 N–H and O–H groups in total. The van der Waals surface area contributed by atoms with Gasteiger partial charge >= 0.3 is 0 Å². The number of aliphatic imine (C=N–C) groups is 2. The van der Waals surface area contributed by atoms with Crippen molar-refractivity contribution in [1.29, 1.82) is 0 Å². The summed E-state index contributed by atoms with van der Waals surface area (Å²) in [4.78, 5) is 10.2. The number of fused-ring (bicyclic) bond motifs is 9. The number of hydrogen-bond acceptors (Lipinski definition) is 5. The van der Waals surface area contributed by atoms with Crippen LogP contribution in [0.25, 0.3) is 79.0 Å². The summed E-state index contributed by atoms with van der Waals surface area (Å²) in [6.45, 7) is 0. The maximum atomic E-state index is 5.14. The van der Waals surface area contributed by atoms with E-state index in [1.165, 1.54) is 79.0 Å². The van der Waals surface area contributed by atoms with Gasteiger partial charge in [0.15, 0.2) is 5.84 Å². The number of nitrogens with one attached hydrogen (secondary N) is 1. The van der Waals surface area contributed by atoms with E-state index in [1.54, 1.807) is 0 Å². The molecule has 3 aromatic heterocycles. The van der Waals surface area contributed by atoms with E-state index in [9.17, 15) is 0 Å². The first kappa shape index (κ1) is 32.4. The zero-order chi connectivity index (χ0) is 37.5. The Morgan fingerprint density at radius 3 is 1.82 bits per heavy atom. The molecule has 8 aromatic carbocycles. The van der Waals surface area contributed by atoms with Gasteiger partial charge in [0.2, 0.25) is 0 Å². The van der Waals surface area contributed by atoms with Crippen LogP contribution in [0.3, 0.4) is 0 Å². The predicted molar refractivity (Wildman–Crippen MR) is 244 cm³/mol. The first-order chi connectivity index (χ1) is 28.2. The van der Waals surface area contributed by atoms with Crippen molar-refractivity contribution in [3.05, 3.63) is 199 Å². The van der Waals surface area contributed by atoms with Crippen LogP contribution >= 0.6 is 22.7 Å². The molecule has 0 saturated heterocycles. The topological polar surface area (TPSA) is 41.7 Å². The van der Waals surface area contributed by atoms with Crippen molar-refractivity contribution < 1.29 is 0 Å². The minimum absolute atomic E-state index is 0.234. The summed E-state index contributed by atoms with van der Waals surface area (Å²) in [5.74, 6) is 1.56. The van der Waals surface area contributed by atoms with Crippen LogP contribution in [-0.4, -0.2) is 16.2 Å². The van der Waals surface area contributed by atoms with Gasteiger partial charge in [-0.1, -0.05) is 146 Å². The second-order valence-corrected chi connectivity index (χ2v) is 16.7. The second-order valence-electron chi connectivity index (χ2n) is 14.6. The van der Waals surface area contributed by atoms with Crippen molar-refractivity contribution in [2.45, 2.75) is 6.17 Å². The van der Waals surface area contributed by atoms with Gasteiger partial charge in [0.1, 0.15) is 12.0 Å². The summed E-state index contributed by atoms with van der Waals surface area (Å²) in [5.41, 5.74) is 9.30. The molecule has 0 saturated carbocycles. The molecule has 1 aliphatic rings. The molecule has 1 atom stereocenters. The fourth-order valence-electron chi connectivity index (χ4n) is 8.57. The van der Waals surface area contributed by atoms with E-state index in [4.69, 9.17) is 9.98 Å². The number of thiophene rings is 2. The lowest BCUT2D eigenvalue weighted by atomic mass is 10.0. The number of amidine groups is 2. The highest BCUT2D eigenvalue weighted by Crippen LogP contribution is 2.43. The molecule has 0 spiro atoms. The molecular weight excluding hydrogens is 733 g/mol. The number of benzene rings is 8. The van der Waals surface area contributed by atoms with E-state index in [0.717, 1.165) is 28.4 Å². The lowest BCUT2D eigenvalue weighted by Gasteiger charge is -2.23. The second kappa shape index (κ2) is 12.8. The van der Waals surface area contributed by atoms with Gasteiger partial charge in [-0.05, 0) is 53.1 Å². The molecule has 1 aliphatic heterocycles. The Labute approximate surface area is 336 Å². The summed E-state index contributed by atoms with van der Waals surface area (Å²) in [5, 5.41) is 11.3. The van der Waals surface area contributed by atoms with E-state index in [0.29, 0.717) is 0 Å². The molecule has 12 rings (SSSR count). The molecule has 11 aromatic rings. The molecule has 4 nitrogen and oxygen atoms in total. The third-order valence-corrected chi connectivity index (χ3v) is 13.6. The average Bonchev–Trinajstić information content (AvgIpc) is 3.95. The Hall–Kier alpha value is -6.86. The van der Waals surface area contributed by atoms with Crippen LogP contribution in [0.15, 0.2) is 192 Å². The Bertz CT molecular complexity index is 3390. The van der Waals surface area contributed by atoms with E-state index >= 15 is 0 Å². The lowest BCUT2D eigenvalue weighted by molar-refractivity contribution is 0.674. The molecule has 0 aliphatic carbocycles. The van der Waals surface area contributed by atoms with Gasteiger partial charge < -0.3 is 9.88 Å². The Morgan fingerprint density at radius 1 is 0.456 bits per heavy atom. The molecule has 0 bridgehead atoms. The Balaban J connectivity index is 0.943. The van der Waals surface area contributed by atoms with Gasteiger partial charge in [-0.25, -0.2) is 9.98 Å². The minimum atomic E-state index is -0.234. The first-order valence-corrected chi connectivity index (χ1v) is 20.8. The van der Waals surface area contributed by atoms with Gasteiger partial charge in [0.05, 0.1) is 11.0 Å². The van der Waals surface area contributed by atoms with Crippen molar-refractivity contribution >= 4 is 96.5 Å². The van der Waals surface area contributed by atoms with Crippen LogP contribution in [0.1, 0.15) is 22.9 Å². The van der Waals surface area contributed by atoms with Gasteiger partial charge in [0.25, 0.3) is 0 Å². The van der Waals surface area contributed by atoms with Crippen LogP contribution in [0.2, 0.25) is 0 Å². The van der Waals surface area contributed by atoms with Crippen molar-refractivity contribution in [3.8, 4) is 16.8 Å². The number of nitrogens with zero attached hydrogens (tertiary/aromatic N) is 3. The van der Waals surface area contributed by atoms with E-state index in [-0.39, 0.29) is 6.17 Å². The standard InChI is InChI=1S/C51H32N4S2/c1-3-12-31(13-4-1)49-52-50(32-14-5-2-6-15-32)54-51(53-49)34-23-26-41-42-19-11-18-36(48(42)57-46(41)29-34)33-22-25-39-40-27-24-35(30-47(40)56-45(39)28-33)55-43-20-9-7-16-37(43)38-17-8-10-21-44(38)55/h1-30,49H,(H,52,53,54). The van der Waals surface area contributed by atoms with E-state index in [1.807, 2.05) is 46.9 Å². The summed E-state index contributed by atoms with van der Waals surface area (Å²) in [7, 11) is 0. The number of para-hydroxylation sites is 2. The summed E-state index contributed by atoms with van der Waals surface area (Å²) in [6, 6.07) is 65.5. The highest BCUT2D eigenvalue weighted by atomic mass is 32.1. The Kier molecular flexibility index (Phi) is 7.30. The molecule has 0 radical (unpaired) electrons. The molecular formula is C51H32N4S2. The molecule has 0 fully saturated rings. The maximum Gasteiger partial charge on any atom is 0.159 e. The van der Waals surface area contributed by atoms with E-state index in [2.05, 4.69) is 168 Å². The average molecular weight is 765 g/mol. The smallest absolute Gasteiger partial charge is 0.159 e.